The molecule has 8 heteroatoms. The molecule has 1 aliphatic rings. The highest BCUT2D eigenvalue weighted by Crippen LogP contribution is 2.40. The van der Waals surface area contributed by atoms with Crippen LogP contribution in [0.3, 0.4) is 0 Å². The fraction of sp³-hybridized carbons (Fsp3) is 0.588. The lowest BCUT2D eigenvalue weighted by Crippen LogP contribution is -2.43. The van der Waals surface area contributed by atoms with Crippen LogP contribution in [-0.4, -0.2) is 45.2 Å². The zero-order valence-electron chi connectivity index (χ0n) is 14.8. The number of hydrogen-bond donors (Lipinski definition) is 0. The van der Waals surface area contributed by atoms with Crippen LogP contribution in [0.1, 0.15) is 43.4 Å². The van der Waals surface area contributed by atoms with Gasteiger partial charge in [0.2, 0.25) is 10.0 Å². The number of hydrogen-bond acceptors (Lipinski definition) is 6. The topological polar surface area (TPSA) is 96.0 Å². The molecule has 1 aromatic carbocycles. The molecule has 0 radical (unpaired) electrons. The molecule has 0 amide bonds. The first-order chi connectivity index (χ1) is 11.8. The molecule has 1 heterocycles. The number of rotatable bonds is 8. The van der Waals surface area contributed by atoms with E-state index in [2.05, 4.69) is 0 Å². The number of unbranched alkanes of at least 4 members (excludes halogenated alkanes) is 1. The second kappa shape index (κ2) is 8.05. The summed E-state index contributed by atoms with van der Waals surface area (Å²) in [5, 5.41) is 11.3. The summed E-state index contributed by atoms with van der Waals surface area (Å²) in [5.74, 6) is -0.299. The van der Waals surface area contributed by atoms with Gasteiger partial charge >= 0.3 is 0 Å². The Kier molecular flexibility index (Phi) is 6.29. The summed E-state index contributed by atoms with van der Waals surface area (Å²) in [7, 11) is -0.544. The van der Waals surface area contributed by atoms with Crippen molar-refractivity contribution in [3.8, 4) is 11.5 Å². The molecule has 25 heavy (non-hydrogen) atoms. The smallest absolute Gasteiger partial charge is 0.214 e. The predicted molar refractivity (Wildman–Crippen MR) is 91.0 cm³/mol. The van der Waals surface area contributed by atoms with Crippen LogP contribution in [0.2, 0.25) is 0 Å². The molecule has 1 aromatic rings. The Labute approximate surface area is 148 Å². The van der Waals surface area contributed by atoms with Gasteiger partial charge in [0.15, 0.2) is 11.5 Å². The van der Waals surface area contributed by atoms with Crippen LogP contribution in [-0.2, 0) is 21.2 Å². The molecule has 0 N–H and O–H groups in total. The second-order valence-electron chi connectivity index (χ2n) is 6.03. The van der Waals surface area contributed by atoms with E-state index in [1.807, 2.05) is 6.92 Å². The summed E-state index contributed by atoms with van der Waals surface area (Å²) in [4.78, 5) is 11.3. The normalized spacial score (nSPS) is 17.8. The molecule has 0 saturated carbocycles. The van der Waals surface area contributed by atoms with E-state index >= 15 is 0 Å². The quantitative estimate of drug-likeness (QED) is 0.674. The van der Waals surface area contributed by atoms with E-state index in [1.165, 1.54) is 18.5 Å². The Bertz CT molecular complexity index is 731. The maximum Gasteiger partial charge on any atom is 0.214 e. The average Bonchev–Trinajstić information content (AvgIpc) is 2.58. The number of sulfonamides is 1. The number of benzene rings is 1. The van der Waals surface area contributed by atoms with Gasteiger partial charge in [-0.25, -0.2) is 8.42 Å². The van der Waals surface area contributed by atoms with E-state index in [0.717, 1.165) is 12.0 Å². The third-order valence-corrected chi connectivity index (χ3v) is 6.38. The minimum atomic E-state index is -3.55. The lowest BCUT2D eigenvalue weighted by molar-refractivity contribution is -0.306. The van der Waals surface area contributed by atoms with E-state index in [-0.39, 0.29) is 12.3 Å². The molecule has 2 rings (SSSR count). The first-order valence-electron chi connectivity index (χ1n) is 8.28. The van der Waals surface area contributed by atoms with E-state index in [9.17, 15) is 18.3 Å². The Balaban J connectivity index is 2.49. The molecule has 0 aromatic heterocycles. The number of fused-ring (bicyclic) bond motifs is 1. The van der Waals surface area contributed by atoms with Crippen LogP contribution in [0.5, 0.6) is 11.5 Å². The molecule has 140 valence electrons. The van der Waals surface area contributed by atoms with Gasteiger partial charge in [-0.1, -0.05) is 13.3 Å². The van der Waals surface area contributed by atoms with E-state index in [0.29, 0.717) is 29.9 Å². The standard InChI is InChI=1S/C17H25NO6S/c1-4-5-8-25(21,22)18-7-6-12-9-15(23-2)16(24-3)10-13(12)14(18)11-17(19)20/h9-10,14H,4-8,11H2,1-3H3,(H,19,20)/p-1/t14-/m0/s1. The van der Waals surface area contributed by atoms with E-state index < -0.39 is 28.5 Å². The van der Waals surface area contributed by atoms with Crippen LogP contribution >= 0.6 is 0 Å². The van der Waals surface area contributed by atoms with Gasteiger partial charge in [0.1, 0.15) is 0 Å². The van der Waals surface area contributed by atoms with Crippen LogP contribution < -0.4 is 14.6 Å². The third kappa shape index (κ3) is 4.24. The summed E-state index contributed by atoms with van der Waals surface area (Å²) < 4.78 is 37.2. The fourth-order valence-corrected chi connectivity index (χ4v) is 4.98. The van der Waals surface area contributed by atoms with Crippen molar-refractivity contribution in [3.63, 3.8) is 0 Å². The second-order valence-corrected chi connectivity index (χ2v) is 8.07. The highest BCUT2D eigenvalue weighted by atomic mass is 32.2. The number of carbonyl (C=O) groups is 1. The summed E-state index contributed by atoms with van der Waals surface area (Å²) in [6.45, 7) is 2.16. The van der Waals surface area contributed by atoms with E-state index in [4.69, 9.17) is 9.47 Å². The van der Waals surface area contributed by atoms with Gasteiger partial charge in [-0.3, -0.25) is 0 Å². The molecular formula is C17H24NO6S-. The number of ether oxygens (including phenoxy) is 2. The molecular weight excluding hydrogens is 346 g/mol. The first-order valence-corrected chi connectivity index (χ1v) is 9.89. The Morgan fingerprint density at radius 2 is 1.92 bits per heavy atom. The first kappa shape index (κ1) is 19.5. The highest BCUT2D eigenvalue weighted by molar-refractivity contribution is 7.89. The summed E-state index contributed by atoms with van der Waals surface area (Å²) in [6.07, 6.45) is 1.38. The molecule has 7 nitrogen and oxygen atoms in total. The van der Waals surface area contributed by atoms with Crippen LogP contribution in [0, 0.1) is 0 Å². The van der Waals surface area contributed by atoms with Crippen molar-refractivity contribution in [1.82, 2.24) is 4.31 Å². The summed E-state index contributed by atoms with van der Waals surface area (Å²) in [5.41, 5.74) is 1.50. The molecule has 0 aliphatic carbocycles. The van der Waals surface area contributed by atoms with Gasteiger partial charge in [-0.05, 0) is 36.1 Å². The lowest BCUT2D eigenvalue weighted by Gasteiger charge is -2.37. The highest BCUT2D eigenvalue weighted by Gasteiger charge is 2.36. The predicted octanol–water partition coefficient (Wildman–Crippen LogP) is 0.873. The monoisotopic (exact) mass is 370 g/mol. The number of carbonyl (C=O) groups excluding carboxylic acids is 1. The molecule has 1 atom stereocenters. The number of nitrogens with zero attached hydrogens (tertiary/aromatic N) is 1. The zero-order valence-corrected chi connectivity index (χ0v) is 15.6. The van der Waals surface area contributed by atoms with Gasteiger partial charge in [0.05, 0.1) is 26.0 Å². The van der Waals surface area contributed by atoms with Gasteiger partial charge in [-0.15, -0.1) is 0 Å². The van der Waals surface area contributed by atoms with Crippen LogP contribution in [0.25, 0.3) is 0 Å². The summed E-state index contributed by atoms with van der Waals surface area (Å²) in [6, 6.07) is 2.66. The van der Waals surface area contributed by atoms with E-state index in [1.54, 1.807) is 12.1 Å². The van der Waals surface area contributed by atoms with Crippen molar-refractivity contribution in [2.24, 2.45) is 0 Å². The SMILES string of the molecule is CCCCS(=O)(=O)N1CCc2cc(OC)c(OC)cc2[C@@H]1CC(=O)[O-]. The van der Waals surface area contributed by atoms with Crippen molar-refractivity contribution in [2.45, 2.75) is 38.6 Å². The maximum absolute atomic E-state index is 12.7. The maximum atomic E-state index is 12.7. The average molecular weight is 370 g/mol. The fourth-order valence-electron chi connectivity index (χ4n) is 3.15. The molecule has 0 saturated heterocycles. The number of methoxy groups -OCH3 is 2. The van der Waals surface area contributed by atoms with Crippen molar-refractivity contribution in [3.05, 3.63) is 23.3 Å². The zero-order chi connectivity index (χ0) is 18.6. The lowest BCUT2D eigenvalue weighted by atomic mass is 9.92. The minimum Gasteiger partial charge on any atom is -0.550 e. The summed E-state index contributed by atoms with van der Waals surface area (Å²) >= 11 is 0. The largest absolute Gasteiger partial charge is 0.550 e. The molecule has 1 aliphatic heterocycles. The van der Waals surface area contributed by atoms with Crippen molar-refractivity contribution < 1.29 is 27.8 Å². The van der Waals surface area contributed by atoms with Gasteiger partial charge < -0.3 is 19.4 Å². The van der Waals surface area contributed by atoms with Crippen LogP contribution in [0.15, 0.2) is 12.1 Å². The Morgan fingerprint density at radius 3 is 2.48 bits per heavy atom. The van der Waals surface area contributed by atoms with Crippen LogP contribution in [0.4, 0.5) is 0 Å². The van der Waals surface area contributed by atoms with Gasteiger partial charge in [0.25, 0.3) is 0 Å². The molecule has 0 spiro atoms. The number of aliphatic carboxylic acids is 1. The van der Waals surface area contributed by atoms with Gasteiger partial charge in [-0.2, -0.15) is 4.31 Å². The number of carboxylic acids is 1. The molecule has 0 bridgehead atoms. The Hall–Kier alpha value is -1.80. The van der Waals surface area contributed by atoms with Crippen molar-refractivity contribution >= 4 is 16.0 Å². The van der Waals surface area contributed by atoms with Crippen molar-refractivity contribution in [1.29, 1.82) is 0 Å². The van der Waals surface area contributed by atoms with Crippen molar-refractivity contribution in [2.75, 3.05) is 26.5 Å². The minimum absolute atomic E-state index is 0.00959. The molecule has 0 fully saturated rings. The van der Waals surface area contributed by atoms with Gasteiger partial charge in [0, 0.05) is 18.9 Å². The third-order valence-electron chi connectivity index (χ3n) is 4.43. The number of carboxylic acid groups (broad SMARTS) is 1. The Morgan fingerprint density at radius 1 is 1.28 bits per heavy atom. The molecule has 0 unspecified atom stereocenters.